The van der Waals surface area contributed by atoms with Crippen molar-refractivity contribution in [3.63, 3.8) is 0 Å². The second-order valence-electron chi connectivity index (χ2n) is 18.3. The number of benzene rings is 9. The highest BCUT2D eigenvalue weighted by Crippen LogP contribution is 2.50. The summed E-state index contributed by atoms with van der Waals surface area (Å²) in [6, 6.07) is 67.9. The zero-order valence-corrected chi connectivity index (χ0v) is 37.6. The van der Waals surface area contributed by atoms with E-state index in [1.165, 1.54) is 72.4 Å². The second-order valence-corrected chi connectivity index (χ2v) is 18.3. The second kappa shape index (κ2) is 14.9. The lowest BCUT2D eigenvalue weighted by Gasteiger charge is -2.45. The van der Waals surface area contributed by atoms with Crippen molar-refractivity contribution in [1.82, 2.24) is 0 Å². The minimum Gasteiger partial charge on any atom is -0.456 e. The maximum absolute atomic E-state index is 6.39. The summed E-state index contributed by atoms with van der Waals surface area (Å²) < 4.78 is 6.39. The summed E-state index contributed by atoms with van der Waals surface area (Å²) in [5.41, 5.74) is 25.7. The summed E-state index contributed by atoms with van der Waals surface area (Å²) in [5, 5.41) is 2.25. The van der Waals surface area contributed by atoms with Gasteiger partial charge in [-0.1, -0.05) is 124 Å². The molecule has 12 rings (SSSR count). The quantitative estimate of drug-likeness (QED) is 0.156. The molecule has 65 heavy (non-hydrogen) atoms. The van der Waals surface area contributed by atoms with Crippen LogP contribution in [0.15, 0.2) is 186 Å². The molecular formula is C60H48BN3O. The Labute approximate surface area is 381 Å². The lowest BCUT2D eigenvalue weighted by Crippen LogP contribution is -2.61. The first-order valence-electron chi connectivity index (χ1n) is 22.7. The van der Waals surface area contributed by atoms with Gasteiger partial charge in [-0.15, -0.1) is 0 Å². The molecule has 9 aromatic carbocycles. The van der Waals surface area contributed by atoms with E-state index in [9.17, 15) is 0 Å². The molecule has 0 amide bonds. The molecule has 0 radical (unpaired) electrons. The number of hydrogen-bond acceptors (Lipinski definition) is 4. The summed E-state index contributed by atoms with van der Waals surface area (Å²) in [6.45, 7) is 13.1. The predicted octanol–water partition coefficient (Wildman–Crippen LogP) is 14.7. The number of rotatable bonds is 6. The average molecular weight is 838 g/mol. The number of aryl methyl sites for hydroxylation is 6. The van der Waals surface area contributed by atoms with Crippen LogP contribution in [-0.4, -0.2) is 6.71 Å². The minimum atomic E-state index is -0.0494. The van der Waals surface area contributed by atoms with Crippen molar-refractivity contribution in [3.05, 3.63) is 215 Å². The maximum atomic E-state index is 6.39. The molecule has 2 aliphatic rings. The molecular weight excluding hydrogens is 789 g/mol. The van der Waals surface area contributed by atoms with E-state index in [1.807, 2.05) is 6.07 Å². The molecule has 0 spiro atoms. The number of para-hydroxylation sites is 1. The zero-order chi connectivity index (χ0) is 44.1. The smallest absolute Gasteiger partial charge is 0.252 e. The molecule has 0 N–H and O–H groups in total. The van der Waals surface area contributed by atoms with Crippen LogP contribution in [-0.2, 0) is 0 Å². The lowest BCUT2D eigenvalue weighted by molar-refractivity contribution is 0.669. The maximum Gasteiger partial charge on any atom is 0.252 e. The third-order valence-electron chi connectivity index (χ3n) is 13.6. The van der Waals surface area contributed by atoms with Gasteiger partial charge in [-0.05, 0) is 154 Å². The molecule has 0 fully saturated rings. The van der Waals surface area contributed by atoms with E-state index in [4.69, 9.17) is 4.42 Å². The molecule has 1 aromatic heterocycles. The first-order valence-corrected chi connectivity index (χ1v) is 22.7. The van der Waals surface area contributed by atoms with Crippen LogP contribution in [0.3, 0.4) is 0 Å². The van der Waals surface area contributed by atoms with E-state index in [0.29, 0.717) is 0 Å². The summed E-state index contributed by atoms with van der Waals surface area (Å²) in [7, 11) is 0. The average Bonchev–Trinajstić information content (AvgIpc) is 3.69. The number of nitrogens with zero attached hydrogens (tertiary/aromatic N) is 3. The van der Waals surface area contributed by atoms with Gasteiger partial charge >= 0.3 is 0 Å². The molecule has 0 saturated carbocycles. The van der Waals surface area contributed by atoms with Crippen LogP contribution in [0.25, 0.3) is 33.1 Å². The largest absolute Gasteiger partial charge is 0.456 e. The van der Waals surface area contributed by atoms with Crippen LogP contribution in [0.4, 0.5) is 51.2 Å². The summed E-state index contributed by atoms with van der Waals surface area (Å²) in [6.07, 6.45) is 0. The van der Waals surface area contributed by atoms with E-state index in [0.717, 1.165) is 61.6 Å². The number of hydrogen-bond donors (Lipinski definition) is 0. The Morgan fingerprint density at radius 2 is 0.938 bits per heavy atom. The van der Waals surface area contributed by atoms with E-state index < -0.39 is 0 Å². The van der Waals surface area contributed by atoms with Crippen LogP contribution in [0.1, 0.15) is 33.4 Å². The van der Waals surface area contributed by atoms with Crippen molar-refractivity contribution < 1.29 is 4.42 Å². The van der Waals surface area contributed by atoms with Gasteiger partial charge in [-0.25, -0.2) is 0 Å². The fraction of sp³-hybridized carbons (Fsp3) is 0.100. The first kappa shape index (κ1) is 38.9. The van der Waals surface area contributed by atoms with Gasteiger partial charge in [0.05, 0.1) is 5.69 Å². The molecule has 10 aromatic rings. The number of fused-ring (bicyclic) bond motifs is 7. The van der Waals surface area contributed by atoms with Gasteiger partial charge in [-0.3, -0.25) is 0 Å². The third-order valence-corrected chi connectivity index (χ3v) is 13.6. The van der Waals surface area contributed by atoms with E-state index in [2.05, 4.69) is 232 Å². The fourth-order valence-electron chi connectivity index (χ4n) is 10.4. The van der Waals surface area contributed by atoms with E-state index in [1.54, 1.807) is 0 Å². The number of furan rings is 1. The molecule has 5 heteroatoms. The molecule has 2 aliphatic heterocycles. The van der Waals surface area contributed by atoms with Gasteiger partial charge in [0, 0.05) is 61.8 Å². The molecule has 0 atom stereocenters. The van der Waals surface area contributed by atoms with Gasteiger partial charge in [0.1, 0.15) is 11.2 Å². The van der Waals surface area contributed by atoms with E-state index >= 15 is 0 Å². The Kier molecular flexibility index (Phi) is 8.93. The van der Waals surface area contributed by atoms with Gasteiger partial charge in [0.25, 0.3) is 6.71 Å². The summed E-state index contributed by atoms with van der Waals surface area (Å²) >= 11 is 0. The highest BCUT2D eigenvalue weighted by atomic mass is 16.3. The minimum absolute atomic E-state index is 0.0494. The topological polar surface area (TPSA) is 22.9 Å². The molecule has 4 nitrogen and oxygen atoms in total. The monoisotopic (exact) mass is 837 g/mol. The SMILES string of the molecule is Cc1ccc(N(c2ccc(C)cc2)c2cc3c4c(c2)N(c2ccc(C)cc2)c2c(cc(C)cc2-c2ccc5oc6ccccc6c5c2)B4c2cc(C)ccc2N3c2ccc(C)cc2)cc1. The van der Waals surface area contributed by atoms with Crippen molar-refractivity contribution >= 4 is 96.2 Å². The Bertz CT molecular complexity index is 3450. The van der Waals surface area contributed by atoms with Crippen molar-refractivity contribution in [2.24, 2.45) is 0 Å². The Hall–Kier alpha value is -7.76. The van der Waals surface area contributed by atoms with Gasteiger partial charge in [0.15, 0.2) is 0 Å². The van der Waals surface area contributed by atoms with Crippen molar-refractivity contribution in [2.45, 2.75) is 41.5 Å². The molecule has 0 unspecified atom stereocenters. The van der Waals surface area contributed by atoms with Crippen LogP contribution in [0, 0.1) is 41.5 Å². The highest BCUT2D eigenvalue weighted by Gasteiger charge is 2.45. The van der Waals surface area contributed by atoms with Crippen LogP contribution < -0.4 is 31.1 Å². The lowest BCUT2D eigenvalue weighted by atomic mass is 9.33. The number of anilines is 9. The molecule has 0 saturated heterocycles. The van der Waals surface area contributed by atoms with Gasteiger partial charge in [0.2, 0.25) is 0 Å². The Morgan fingerprint density at radius 1 is 0.400 bits per heavy atom. The van der Waals surface area contributed by atoms with E-state index in [-0.39, 0.29) is 6.71 Å². The van der Waals surface area contributed by atoms with Crippen molar-refractivity contribution in [3.8, 4) is 11.1 Å². The van der Waals surface area contributed by atoms with Crippen LogP contribution in [0.5, 0.6) is 0 Å². The Balaban J connectivity index is 1.22. The molecule has 0 aliphatic carbocycles. The fourth-order valence-corrected chi connectivity index (χ4v) is 10.4. The summed E-state index contributed by atoms with van der Waals surface area (Å²) in [4.78, 5) is 7.51. The normalized spacial score (nSPS) is 12.7. The summed E-state index contributed by atoms with van der Waals surface area (Å²) in [5.74, 6) is 0. The van der Waals surface area contributed by atoms with Gasteiger partial charge < -0.3 is 19.1 Å². The third kappa shape index (κ3) is 6.37. The van der Waals surface area contributed by atoms with Crippen LogP contribution in [0.2, 0.25) is 0 Å². The molecule has 0 bridgehead atoms. The standard InChI is InChI=1S/C60H48BN3O/c1-37-11-21-44(22-12-37)62(45-23-13-38(2)14-24-45)48-35-55-59-56(36-48)64(47-27-17-40(4)18-28-47)60-50(43-20-30-58-51(34-43)49-9-7-8-10-57(49)65-58)31-42(6)33-53(60)61(59)52-32-41(5)19-29-54(52)63(55)46-25-15-39(3)16-26-46/h7-36H,1-6H3. The van der Waals surface area contributed by atoms with Crippen molar-refractivity contribution in [2.75, 3.05) is 14.7 Å². The zero-order valence-electron chi connectivity index (χ0n) is 37.6. The van der Waals surface area contributed by atoms with Crippen LogP contribution >= 0.6 is 0 Å². The Morgan fingerprint density at radius 3 is 1.58 bits per heavy atom. The first-order chi connectivity index (χ1) is 31.7. The molecule has 312 valence electrons. The van der Waals surface area contributed by atoms with Crippen molar-refractivity contribution in [1.29, 1.82) is 0 Å². The predicted molar refractivity (Wildman–Crippen MR) is 276 cm³/mol. The highest BCUT2D eigenvalue weighted by molar-refractivity contribution is 7.00. The molecule has 3 heterocycles. The van der Waals surface area contributed by atoms with Gasteiger partial charge in [-0.2, -0.15) is 0 Å².